The lowest BCUT2D eigenvalue weighted by molar-refractivity contribution is 0.224. The summed E-state index contributed by atoms with van der Waals surface area (Å²) in [6, 6.07) is 5.61. The minimum atomic E-state index is -0.549. The molecule has 1 unspecified atom stereocenters. The Morgan fingerprint density at radius 2 is 2.17 bits per heavy atom. The van der Waals surface area contributed by atoms with E-state index in [-0.39, 0.29) is 0 Å². The summed E-state index contributed by atoms with van der Waals surface area (Å²) >= 11 is 0. The van der Waals surface area contributed by atoms with E-state index in [4.69, 9.17) is 10.8 Å². The molecular formula is C9H14N2O. The van der Waals surface area contributed by atoms with E-state index in [9.17, 15) is 0 Å². The molecule has 0 amide bonds. The lowest BCUT2D eigenvalue weighted by atomic mass is 10.2. The standard InChI is InChI=1S/C9H14N2O/c1-6-3-4-8(5-9(6)10)11-7(2)12/h3-5,7,11-12H,10H2,1-2H3. The number of aryl methyl sites for hydroxylation is 1. The van der Waals surface area contributed by atoms with E-state index in [2.05, 4.69) is 5.32 Å². The SMILES string of the molecule is Cc1ccc(NC(C)O)cc1N. The van der Waals surface area contributed by atoms with Crippen LogP contribution in [0.2, 0.25) is 0 Å². The number of aliphatic hydroxyl groups excluding tert-OH is 1. The number of hydrogen-bond donors (Lipinski definition) is 3. The predicted octanol–water partition coefficient (Wildman–Crippen LogP) is 1.33. The molecular weight excluding hydrogens is 152 g/mol. The van der Waals surface area contributed by atoms with Gasteiger partial charge in [0.15, 0.2) is 0 Å². The average Bonchev–Trinajstić information content (AvgIpc) is 1.96. The summed E-state index contributed by atoms with van der Waals surface area (Å²) in [5.74, 6) is 0. The van der Waals surface area contributed by atoms with Crippen LogP contribution in [0.25, 0.3) is 0 Å². The molecule has 0 heterocycles. The highest BCUT2D eigenvalue weighted by Gasteiger charge is 1.98. The smallest absolute Gasteiger partial charge is 0.121 e. The molecule has 1 atom stereocenters. The van der Waals surface area contributed by atoms with Crippen molar-refractivity contribution in [1.29, 1.82) is 0 Å². The van der Waals surface area contributed by atoms with Crippen LogP contribution in [-0.2, 0) is 0 Å². The lowest BCUT2D eigenvalue weighted by Crippen LogP contribution is -2.13. The fourth-order valence-corrected chi connectivity index (χ4v) is 0.971. The molecule has 66 valence electrons. The summed E-state index contributed by atoms with van der Waals surface area (Å²) in [5, 5.41) is 11.9. The second kappa shape index (κ2) is 3.45. The number of nitrogens with one attached hydrogen (secondary N) is 1. The molecule has 0 spiro atoms. The Morgan fingerprint density at radius 1 is 1.50 bits per heavy atom. The first-order chi connectivity index (χ1) is 5.59. The number of aliphatic hydroxyl groups is 1. The molecule has 1 aromatic carbocycles. The van der Waals surface area contributed by atoms with E-state index >= 15 is 0 Å². The van der Waals surface area contributed by atoms with Crippen LogP contribution in [0.5, 0.6) is 0 Å². The molecule has 0 aliphatic heterocycles. The van der Waals surface area contributed by atoms with Gasteiger partial charge in [0, 0.05) is 11.4 Å². The average molecular weight is 166 g/mol. The number of anilines is 2. The normalized spacial score (nSPS) is 12.6. The molecule has 3 nitrogen and oxygen atoms in total. The zero-order valence-electron chi connectivity index (χ0n) is 7.33. The second-order valence-corrected chi connectivity index (χ2v) is 2.89. The van der Waals surface area contributed by atoms with Crippen LogP contribution in [-0.4, -0.2) is 11.3 Å². The Morgan fingerprint density at radius 3 is 2.67 bits per heavy atom. The number of benzene rings is 1. The van der Waals surface area contributed by atoms with Crippen molar-refractivity contribution in [2.75, 3.05) is 11.1 Å². The summed E-state index contributed by atoms with van der Waals surface area (Å²) in [6.45, 7) is 3.61. The van der Waals surface area contributed by atoms with Crippen LogP contribution < -0.4 is 11.1 Å². The Bertz CT molecular complexity index is 271. The Balaban J connectivity index is 2.82. The first-order valence-corrected chi connectivity index (χ1v) is 3.90. The van der Waals surface area contributed by atoms with Gasteiger partial charge in [0.25, 0.3) is 0 Å². The zero-order valence-corrected chi connectivity index (χ0v) is 7.33. The van der Waals surface area contributed by atoms with Gasteiger partial charge in [0.1, 0.15) is 6.23 Å². The van der Waals surface area contributed by atoms with Gasteiger partial charge in [-0.25, -0.2) is 0 Å². The molecule has 3 heteroatoms. The molecule has 0 aromatic heterocycles. The van der Waals surface area contributed by atoms with Crippen molar-refractivity contribution in [1.82, 2.24) is 0 Å². The fourth-order valence-electron chi connectivity index (χ4n) is 0.971. The van der Waals surface area contributed by atoms with Gasteiger partial charge in [0.2, 0.25) is 0 Å². The third kappa shape index (κ3) is 2.13. The summed E-state index contributed by atoms with van der Waals surface area (Å²) in [5.41, 5.74) is 8.30. The van der Waals surface area contributed by atoms with Gasteiger partial charge in [-0.15, -0.1) is 0 Å². The van der Waals surface area contributed by atoms with Crippen molar-refractivity contribution in [3.63, 3.8) is 0 Å². The van der Waals surface area contributed by atoms with E-state index < -0.39 is 6.23 Å². The van der Waals surface area contributed by atoms with Gasteiger partial charge in [-0.3, -0.25) is 0 Å². The first kappa shape index (κ1) is 8.87. The molecule has 12 heavy (non-hydrogen) atoms. The number of rotatable bonds is 2. The topological polar surface area (TPSA) is 58.3 Å². The molecule has 0 radical (unpaired) electrons. The van der Waals surface area contributed by atoms with Crippen LogP contribution in [0, 0.1) is 6.92 Å². The Labute approximate surface area is 72.2 Å². The van der Waals surface area contributed by atoms with Gasteiger partial charge in [-0.05, 0) is 31.5 Å². The van der Waals surface area contributed by atoms with Crippen molar-refractivity contribution >= 4 is 11.4 Å². The first-order valence-electron chi connectivity index (χ1n) is 3.90. The van der Waals surface area contributed by atoms with Crippen LogP contribution in [0.15, 0.2) is 18.2 Å². The zero-order chi connectivity index (χ0) is 9.14. The Hall–Kier alpha value is -1.22. The van der Waals surface area contributed by atoms with Crippen LogP contribution in [0.4, 0.5) is 11.4 Å². The molecule has 1 rings (SSSR count). The van der Waals surface area contributed by atoms with Crippen molar-refractivity contribution < 1.29 is 5.11 Å². The van der Waals surface area contributed by atoms with Gasteiger partial charge < -0.3 is 16.2 Å². The molecule has 0 aliphatic rings. The molecule has 0 saturated heterocycles. The number of hydrogen-bond acceptors (Lipinski definition) is 3. The monoisotopic (exact) mass is 166 g/mol. The van der Waals surface area contributed by atoms with E-state index in [1.165, 1.54) is 0 Å². The van der Waals surface area contributed by atoms with E-state index in [1.54, 1.807) is 6.92 Å². The molecule has 1 aromatic rings. The van der Waals surface area contributed by atoms with Crippen LogP contribution >= 0.6 is 0 Å². The highest BCUT2D eigenvalue weighted by molar-refractivity contribution is 5.58. The summed E-state index contributed by atoms with van der Waals surface area (Å²) in [7, 11) is 0. The second-order valence-electron chi connectivity index (χ2n) is 2.89. The number of nitrogen functional groups attached to an aromatic ring is 1. The van der Waals surface area contributed by atoms with Gasteiger partial charge in [-0.2, -0.15) is 0 Å². The number of nitrogens with two attached hydrogens (primary N) is 1. The third-order valence-electron chi connectivity index (χ3n) is 1.65. The predicted molar refractivity (Wildman–Crippen MR) is 50.9 cm³/mol. The maximum atomic E-state index is 9.01. The van der Waals surface area contributed by atoms with E-state index in [1.807, 2.05) is 25.1 Å². The van der Waals surface area contributed by atoms with Crippen molar-refractivity contribution in [2.45, 2.75) is 20.1 Å². The van der Waals surface area contributed by atoms with E-state index in [0.29, 0.717) is 0 Å². The van der Waals surface area contributed by atoms with Gasteiger partial charge in [0.05, 0.1) is 0 Å². The van der Waals surface area contributed by atoms with Crippen LogP contribution in [0.1, 0.15) is 12.5 Å². The fraction of sp³-hybridized carbons (Fsp3) is 0.333. The third-order valence-corrected chi connectivity index (χ3v) is 1.65. The van der Waals surface area contributed by atoms with Crippen molar-refractivity contribution in [2.24, 2.45) is 0 Å². The minimum absolute atomic E-state index is 0.549. The maximum absolute atomic E-state index is 9.01. The molecule has 0 fully saturated rings. The molecule has 4 N–H and O–H groups in total. The van der Waals surface area contributed by atoms with Gasteiger partial charge >= 0.3 is 0 Å². The summed E-state index contributed by atoms with van der Waals surface area (Å²) in [4.78, 5) is 0. The molecule has 0 aliphatic carbocycles. The highest BCUT2D eigenvalue weighted by Crippen LogP contribution is 2.16. The highest BCUT2D eigenvalue weighted by atomic mass is 16.3. The summed E-state index contributed by atoms with van der Waals surface area (Å²) in [6.07, 6.45) is -0.549. The quantitative estimate of drug-likeness (QED) is 0.459. The summed E-state index contributed by atoms with van der Waals surface area (Å²) < 4.78 is 0. The van der Waals surface area contributed by atoms with Gasteiger partial charge in [-0.1, -0.05) is 6.07 Å². The van der Waals surface area contributed by atoms with Crippen molar-refractivity contribution in [3.8, 4) is 0 Å². The molecule has 0 bridgehead atoms. The Kier molecular flexibility index (Phi) is 2.55. The van der Waals surface area contributed by atoms with E-state index in [0.717, 1.165) is 16.9 Å². The minimum Gasteiger partial charge on any atom is -0.398 e. The largest absolute Gasteiger partial charge is 0.398 e. The molecule has 0 saturated carbocycles. The maximum Gasteiger partial charge on any atom is 0.121 e. The van der Waals surface area contributed by atoms with Crippen LogP contribution in [0.3, 0.4) is 0 Å². The lowest BCUT2D eigenvalue weighted by Gasteiger charge is -2.10. The van der Waals surface area contributed by atoms with Crippen molar-refractivity contribution in [3.05, 3.63) is 23.8 Å².